The van der Waals surface area contributed by atoms with Crippen LogP contribution in [0, 0.1) is 10.1 Å². The van der Waals surface area contributed by atoms with E-state index in [4.69, 9.17) is 0 Å². The quantitative estimate of drug-likeness (QED) is 0.571. The fraction of sp³-hybridized carbons (Fsp3) is 0.167. The molecule has 0 amide bonds. The molecule has 3 heterocycles. The summed E-state index contributed by atoms with van der Waals surface area (Å²) in [5.41, 5.74) is 2.93. The van der Waals surface area contributed by atoms with Crippen LogP contribution in [0.15, 0.2) is 55.1 Å². The van der Waals surface area contributed by atoms with Crippen molar-refractivity contribution in [2.45, 2.75) is 13.0 Å². The van der Waals surface area contributed by atoms with Gasteiger partial charge in [0.25, 0.3) is 0 Å². The number of aromatic nitrogens is 3. The average Bonchev–Trinajstić information content (AvgIpc) is 2.68. The molecule has 0 unspecified atom stereocenters. The van der Waals surface area contributed by atoms with Gasteiger partial charge in [0.1, 0.15) is 6.33 Å². The summed E-state index contributed by atoms with van der Waals surface area (Å²) in [6, 6.07) is 11.6. The lowest BCUT2D eigenvalue weighted by Gasteiger charge is -2.29. The summed E-state index contributed by atoms with van der Waals surface area (Å²) in [4.78, 5) is 25.6. The van der Waals surface area contributed by atoms with Gasteiger partial charge in [-0.2, -0.15) is 0 Å². The van der Waals surface area contributed by atoms with E-state index in [1.807, 2.05) is 23.1 Å². The second-order valence-corrected chi connectivity index (χ2v) is 5.96. The first-order chi connectivity index (χ1) is 12.7. The van der Waals surface area contributed by atoms with Crippen LogP contribution in [-0.2, 0) is 13.0 Å². The molecule has 130 valence electrons. The second-order valence-electron chi connectivity index (χ2n) is 5.96. The van der Waals surface area contributed by atoms with Crippen LogP contribution in [0.4, 0.5) is 23.0 Å². The third-order valence-corrected chi connectivity index (χ3v) is 4.34. The van der Waals surface area contributed by atoms with Crippen molar-refractivity contribution in [3.63, 3.8) is 0 Å². The number of rotatable bonds is 4. The Morgan fingerprint density at radius 2 is 1.96 bits per heavy atom. The highest BCUT2D eigenvalue weighted by Gasteiger charge is 2.29. The first-order valence-electron chi connectivity index (χ1n) is 8.20. The van der Waals surface area contributed by atoms with Gasteiger partial charge in [0, 0.05) is 19.3 Å². The minimum absolute atomic E-state index is 0.129. The zero-order chi connectivity index (χ0) is 17.9. The molecule has 0 saturated carbocycles. The van der Waals surface area contributed by atoms with Crippen LogP contribution >= 0.6 is 0 Å². The van der Waals surface area contributed by atoms with E-state index in [0.29, 0.717) is 24.6 Å². The molecule has 26 heavy (non-hydrogen) atoms. The van der Waals surface area contributed by atoms with Gasteiger partial charge in [-0.15, -0.1) is 0 Å². The molecule has 0 bridgehead atoms. The van der Waals surface area contributed by atoms with Gasteiger partial charge in [-0.05, 0) is 29.7 Å². The Balaban J connectivity index is 1.71. The van der Waals surface area contributed by atoms with E-state index in [1.54, 1.807) is 24.5 Å². The molecule has 0 aliphatic carbocycles. The van der Waals surface area contributed by atoms with Crippen molar-refractivity contribution in [3.05, 3.63) is 76.4 Å². The van der Waals surface area contributed by atoms with Gasteiger partial charge in [-0.25, -0.2) is 9.97 Å². The van der Waals surface area contributed by atoms with Crippen molar-refractivity contribution >= 4 is 23.0 Å². The predicted molar refractivity (Wildman–Crippen MR) is 97.4 cm³/mol. The van der Waals surface area contributed by atoms with Crippen molar-refractivity contribution in [2.24, 2.45) is 0 Å². The summed E-state index contributed by atoms with van der Waals surface area (Å²) in [5, 5.41) is 14.7. The van der Waals surface area contributed by atoms with Gasteiger partial charge in [-0.3, -0.25) is 15.1 Å². The van der Waals surface area contributed by atoms with Crippen LogP contribution in [0.1, 0.15) is 11.1 Å². The number of nitrogens with zero attached hydrogens (tertiary/aromatic N) is 5. The lowest BCUT2D eigenvalue weighted by atomic mass is 10.00. The third-order valence-electron chi connectivity index (χ3n) is 4.34. The monoisotopic (exact) mass is 348 g/mol. The highest BCUT2D eigenvalue weighted by molar-refractivity contribution is 5.74. The normalized spacial score (nSPS) is 13.2. The average molecular weight is 348 g/mol. The van der Waals surface area contributed by atoms with E-state index in [-0.39, 0.29) is 11.5 Å². The standard InChI is InChI=1S/C18H16N6O2/c25-24(26)16-17(22-15-6-3-8-19-10-15)20-12-21-18(16)23-9-7-13-4-1-2-5-14(13)11-23/h1-6,8,10,12H,7,9,11H2,(H,20,21,22). The molecule has 0 spiro atoms. The van der Waals surface area contributed by atoms with Crippen molar-refractivity contribution in [2.75, 3.05) is 16.8 Å². The highest BCUT2D eigenvalue weighted by Crippen LogP contribution is 2.35. The van der Waals surface area contributed by atoms with Crippen molar-refractivity contribution in [1.29, 1.82) is 0 Å². The molecule has 2 aromatic heterocycles. The summed E-state index contributed by atoms with van der Waals surface area (Å²) in [6.45, 7) is 1.25. The smallest absolute Gasteiger partial charge is 0.346 e. The van der Waals surface area contributed by atoms with Crippen LogP contribution in [0.2, 0.25) is 0 Å². The molecule has 0 atom stereocenters. The number of nitro groups is 1. The molecule has 1 aliphatic heterocycles. The van der Waals surface area contributed by atoms with Gasteiger partial charge in [-0.1, -0.05) is 24.3 Å². The molecular weight excluding hydrogens is 332 g/mol. The van der Waals surface area contributed by atoms with E-state index in [9.17, 15) is 10.1 Å². The molecule has 1 aromatic carbocycles. The van der Waals surface area contributed by atoms with Gasteiger partial charge in [0.15, 0.2) is 0 Å². The van der Waals surface area contributed by atoms with Crippen LogP contribution in [0.3, 0.4) is 0 Å². The van der Waals surface area contributed by atoms with Crippen LogP contribution in [0.25, 0.3) is 0 Å². The Morgan fingerprint density at radius 3 is 2.73 bits per heavy atom. The van der Waals surface area contributed by atoms with Crippen molar-refractivity contribution in [1.82, 2.24) is 15.0 Å². The lowest BCUT2D eigenvalue weighted by Crippen LogP contribution is -2.31. The summed E-state index contributed by atoms with van der Waals surface area (Å²) in [5.74, 6) is 0.484. The summed E-state index contributed by atoms with van der Waals surface area (Å²) in [7, 11) is 0. The maximum absolute atomic E-state index is 11.8. The Morgan fingerprint density at radius 1 is 1.12 bits per heavy atom. The van der Waals surface area contributed by atoms with Crippen LogP contribution in [-0.4, -0.2) is 26.4 Å². The van der Waals surface area contributed by atoms with E-state index in [0.717, 1.165) is 12.0 Å². The first-order valence-corrected chi connectivity index (χ1v) is 8.20. The molecule has 1 N–H and O–H groups in total. The minimum Gasteiger partial charge on any atom is -0.346 e. The van der Waals surface area contributed by atoms with Crippen LogP contribution < -0.4 is 10.2 Å². The fourth-order valence-electron chi connectivity index (χ4n) is 3.11. The van der Waals surface area contributed by atoms with Gasteiger partial charge in [0.05, 0.1) is 16.8 Å². The Kier molecular flexibility index (Phi) is 4.14. The zero-order valence-corrected chi connectivity index (χ0v) is 13.9. The van der Waals surface area contributed by atoms with E-state index < -0.39 is 4.92 Å². The molecular formula is C18H16N6O2. The van der Waals surface area contributed by atoms with Crippen molar-refractivity contribution in [3.8, 4) is 0 Å². The molecule has 0 fully saturated rings. The number of nitrogens with one attached hydrogen (secondary N) is 1. The number of hydrogen-bond acceptors (Lipinski definition) is 7. The first kappa shape index (κ1) is 15.9. The highest BCUT2D eigenvalue weighted by atomic mass is 16.6. The molecule has 4 rings (SSSR count). The SMILES string of the molecule is O=[N+]([O-])c1c(Nc2cccnc2)ncnc1N1CCc2ccccc2C1. The lowest BCUT2D eigenvalue weighted by molar-refractivity contribution is -0.383. The van der Waals surface area contributed by atoms with Gasteiger partial charge in [0.2, 0.25) is 11.6 Å². The predicted octanol–water partition coefficient (Wildman–Crippen LogP) is 3.09. The van der Waals surface area contributed by atoms with Crippen molar-refractivity contribution < 1.29 is 4.92 Å². The number of benzene rings is 1. The fourth-order valence-corrected chi connectivity index (χ4v) is 3.11. The number of fused-ring (bicyclic) bond motifs is 1. The zero-order valence-electron chi connectivity index (χ0n) is 13.9. The summed E-state index contributed by atoms with van der Waals surface area (Å²) < 4.78 is 0. The van der Waals surface area contributed by atoms with Crippen LogP contribution in [0.5, 0.6) is 0 Å². The van der Waals surface area contributed by atoms with E-state index in [2.05, 4.69) is 26.3 Å². The third kappa shape index (κ3) is 3.04. The maximum Gasteiger partial charge on any atom is 0.353 e. The number of hydrogen-bond donors (Lipinski definition) is 1. The molecule has 0 radical (unpaired) electrons. The number of anilines is 3. The van der Waals surface area contributed by atoms with E-state index in [1.165, 1.54) is 11.9 Å². The maximum atomic E-state index is 11.8. The molecule has 0 saturated heterocycles. The summed E-state index contributed by atoms with van der Waals surface area (Å²) >= 11 is 0. The largest absolute Gasteiger partial charge is 0.353 e. The molecule has 1 aliphatic rings. The topological polar surface area (TPSA) is 97.1 Å². The molecule has 8 nitrogen and oxygen atoms in total. The number of pyridine rings is 1. The summed E-state index contributed by atoms with van der Waals surface area (Å²) in [6.07, 6.45) is 5.39. The van der Waals surface area contributed by atoms with Gasteiger partial charge < -0.3 is 10.2 Å². The molecule has 3 aromatic rings. The minimum atomic E-state index is -0.436. The Hall–Kier alpha value is -3.55. The Labute approximate surface area is 149 Å². The Bertz CT molecular complexity index is 947. The molecule has 8 heteroatoms. The van der Waals surface area contributed by atoms with Gasteiger partial charge >= 0.3 is 5.69 Å². The second kappa shape index (κ2) is 6.75. The van der Waals surface area contributed by atoms with E-state index >= 15 is 0 Å².